The van der Waals surface area contributed by atoms with Crippen molar-refractivity contribution in [3.8, 4) is 5.75 Å². The quantitative estimate of drug-likeness (QED) is 0.479. The van der Waals surface area contributed by atoms with Gasteiger partial charge in [-0.15, -0.1) is 11.3 Å². The van der Waals surface area contributed by atoms with Crippen LogP contribution in [0.3, 0.4) is 0 Å². The summed E-state index contributed by atoms with van der Waals surface area (Å²) in [6.45, 7) is 2.56. The van der Waals surface area contributed by atoms with Crippen LogP contribution in [0, 0.1) is 0 Å². The van der Waals surface area contributed by atoms with Crippen molar-refractivity contribution < 1.29 is 9.53 Å². The van der Waals surface area contributed by atoms with E-state index in [2.05, 4.69) is 10.3 Å². The Morgan fingerprint density at radius 1 is 1.19 bits per heavy atom. The van der Waals surface area contributed by atoms with Crippen molar-refractivity contribution in [2.75, 3.05) is 11.9 Å². The van der Waals surface area contributed by atoms with Gasteiger partial charge in [0.15, 0.2) is 0 Å². The zero-order valence-electron chi connectivity index (χ0n) is 14.8. The number of thioether (sulfide) groups is 1. The van der Waals surface area contributed by atoms with Gasteiger partial charge in [-0.3, -0.25) is 4.79 Å². The van der Waals surface area contributed by atoms with Crippen molar-refractivity contribution in [2.24, 2.45) is 0 Å². The second kappa shape index (κ2) is 9.78. The molecule has 4 nitrogen and oxygen atoms in total. The van der Waals surface area contributed by atoms with Crippen molar-refractivity contribution in [3.63, 3.8) is 0 Å². The van der Waals surface area contributed by atoms with Crippen LogP contribution in [0.2, 0.25) is 5.02 Å². The lowest BCUT2D eigenvalue weighted by Crippen LogP contribution is -2.14. The molecule has 1 heterocycles. The monoisotopic (exact) mass is 418 g/mol. The minimum Gasteiger partial charge on any atom is -0.494 e. The Balaban J connectivity index is 1.49. The fraction of sp³-hybridized carbons (Fsp3) is 0.200. The Bertz CT molecular complexity index is 880. The van der Waals surface area contributed by atoms with Crippen molar-refractivity contribution in [1.29, 1.82) is 0 Å². The molecule has 1 aromatic heterocycles. The number of thiazole rings is 1. The van der Waals surface area contributed by atoms with Crippen LogP contribution in [-0.2, 0) is 17.0 Å². The van der Waals surface area contributed by atoms with Gasteiger partial charge in [0, 0.05) is 21.8 Å². The van der Waals surface area contributed by atoms with E-state index < -0.39 is 0 Å². The van der Waals surface area contributed by atoms with Gasteiger partial charge in [0.05, 0.1) is 18.7 Å². The normalized spacial score (nSPS) is 10.6. The number of halogens is 1. The lowest BCUT2D eigenvalue weighted by atomic mass is 10.2. The van der Waals surface area contributed by atoms with E-state index in [9.17, 15) is 4.79 Å². The number of ether oxygens (including phenoxy) is 1. The fourth-order valence-corrected chi connectivity index (χ4v) is 4.26. The average Bonchev–Trinajstić information content (AvgIpc) is 3.10. The third kappa shape index (κ3) is 6.27. The van der Waals surface area contributed by atoms with Gasteiger partial charge in [0.25, 0.3) is 0 Å². The van der Waals surface area contributed by atoms with Crippen molar-refractivity contribution in [1.82, 2.24) is 4.98 Å². The second-order valence-corrected chi connectivity index (χ2v) is 8.22. The first-order valence-corrected chi connectivity index (χ1v) is 10.7. The van der Waals surface area contributed by atoms with Gasteiger partial charge in [-0.1, -0.05) is 35.5 Å². The highest BCUT2D eigenvalue weighted by atomic mass is 35.5. The number of nitrogens with one attached hydrogen (secondary N) is 1. The Kier molecular flexibility index (Phi) is 7.15. The standard InChI is InChI=1S/C20H19ClN2O2S2/c1-2-25-18-9-7-16(8-10-18)22-19(24)11-17-13-27-20(23-17)26-12-14-3-5-15(21)6-4-14/h3-10,13H,2,11-12H2,1H3,(H,22,24). The summed E-state index contributed by atoms with van der Waals surface area (Å²) in [5.74, 6) is 1.53. The van der Waals surface area contributed by atoms with E-state index in [0.717, 1.165) is 32.2 Å². The van der Waals surface area contributed by atoms with Gasteiger partial charge in [0.1, 0.15) is 10.1 Å². The summed E-state index contributed by atoms with van der Waals surface area (Å²) in [7, 11) is 0. The zero-order valence-corrected chi connectivity index (χ0v) is 17.2. The molecule has 0 fully saturated rings. The minimum atomic E-state index is -0.0845. The van der Waals surface area contributed by atoms with Crippen LogP contribution in [0.15, 0.2) is 58.3 Å². The first-order valence-electron chi connectivity index (χ1n) is 8.46. The summed E-state index contributed by atoms with van der Waals surface area (Å²) in [6, 6.07) is 15.1. The van der Waals surface area contributed by atoms with Gasteiger partial charge in [-0.2, -0.15) is 0 Å². The number of anilines is 1. The Morgan fingerprint density at radius 3 is 2.63 bits per heavy atom. The van der Waals surface area contributed by atoms with E-state index in [-0.39, 0.29) is 12.3 Å². The summed E-state index contributed by atoms with van der Waals surface area (Å²) in [5.41, 5.74) is 2.72. The van der Waals surface area contributed by atoms with E-state index >= 15 is 0 Å². The molecule has 0 spiro atoms. The third-order valence-electron chi connectivity index (χ3n) is 3.60. The first-order chi connectivity index (χ1) is 13.1. The molecule has 27 heavy (non-hydrogen) atoms. The van der Waals surface area contributed by atoms with Crippen molar-refractivity contribution in [2.45, 2.75) is 23.4 Å². The average molecular weight is 419 g/mol. The molecule has 0 radical (unpaired) electrons. The molecule has 0 aliphatic carbocycles. The fourth-order valence-electron chi connectivity index (χ4n) is 2.33. The van der Waals surface area contributed by atoms with Crippen LogP contribution in [0.5, 0.6) is 5.75 Å². The molecular weight excluding hydrogens is 400 g/mol. The molecule has 0 saturated carbocycles. The molecule has 140 valence electrons. The van der Waals surface area contributed by atoms with Gasteiger partial charge in [-0.05, 0) is 48.9 Å². The van der Waals surface area contributed by atoms with Crippen LogP contribution in [0.1, 0.15) is 18.2 Å². The summed E-state index contributed by atoms with van der Waals surface area (Å²) in [5, 5.41) is 5.55. The molecular formula is C20H19ClN2O2S2. The molecule has 0 unspecified atom stereocenters. The third-order valence-corrected chi connectivity index (χ3v) is 5.99. The topological polar surface area (TPSA) is 51.2 Å². The van der Waals surface area contributed by atoms with Crippen LogP contribution in [0.4, 0.5) is 5.69 Å². The Labute approximate surface area is 171 Å². The maximum Gasteiger partial charge on any atom is 0.230 e. The Hall–Kier alpha value is -2.02. The Morgan fingerprint density at radius 2 is 1.93 bits per heavy atom. The van der Waals surface area contributed by atoms with E-state index in [1.54, 1.807) is 23.1 Å². The van der Waals surface area contributed by atoms with Gasteiger partial charge in [-0.25, -0.2) is 4.98 Å². The molecule has 0 aliphatic heterocycles. The van der Waals surface area contributed by atoms with E-state index in [1.165, 1.54) is 5.56 Å². The number of carbonyl (C=O) groups excluding carboxylic acids is 1. The minimum absolute atomic E-state index is 0.0845. The number of nitrogens with zero attached hydrogens (tertiary/aromatic N) is 1. The summed E-state index contributed by atoms with van der Waals surface area (Å²) >= 11 is 9.11. The van der Waals surface area contributed by atoms with Crippen molar-refractivity contribution in [3.05, 3.63) is 70.2 Å². The molecule has 1 amide bonds. The smallest absolute Gasteiger partial charge is 0.230 e. The number of benzene rings is 2. The SMILES string of the molecule is CCOc1ccc(NC(=O)Cc2csc(SCc3ccc(Cl)cc3)n2)cc1. The lowest BCUT2D eigenvalue weighted by Gasteiger charge is -2.06. The number of hydrogen-bond donors (Lipinski definition) is 1. The van der Waals surface area contributed by atoms with Gasteiger partial charge in [0.2, 0.25) is 5.91 Å². The van der Waals surface area contributed by atoms with E-state index in [1.807, 2.05) is 60.8 Å². The van der Waals surface area contributed by atoms with Gasteiger partial charge >= 0.3 is 0 Å². The highest BCUT2D eigenvalue weighted by Crippen LogP contribution is 2.27. The van der Waals surface area contributed by atoms with Crippen LogP contribution >= 0.6 is 34.7 Å². The second-order valence-electron chi connectivity index (χ2n) is 5.70. The van der Waals surface area contributed by atoms with Gasteiger partial charge < -0.3 is 10.1 Å². The number of hydrogen-bond acceptors (Lipinski definition) is 5. The molecule has 3 rings (SSSR count). The summed E-state index contributed by atoms with van der Waals surface area (Å²) in [6.07, 6.45) is 0.255. The van der Waals surface area contributed by atoms with Crippen LogP contribution < -0.4 is 10.1 Å². The molecule has 1 N–H and O–H groups in total. The van der Waals surface area contributed by atoms with E-state index in [0.29, 0.717) is 6.61 Å². The zero-order chi connectivity index (χ0) is 19.1. The molecule has 3 aromatic rings. The molecule has 0 aliphatic rings. The van der Waals surface area contributed by atoms with E-state index in [4.69, 9.17) is 16.3 Å². The number of rotatable bonds is 8. The molecule has 0 bridgehead atoms. The van der Waals surface area contributed by atoms with Crippen LogP contribution in [0.25, 0.3) is 0 Å². The first kappa shape index (κ1) is 19.7. The summed E-state index contributed by atoms with van der Waals surface area (Å²) in [4.78, 5) is 16.8. The highest BCUT2D eigenvalue weighted by Gasteiger charge is 2.09. The predicted molar refractivity (Wildman–Crippen MR) is 113 cm³/mol. The summed E-state index contributed by atoms with van der Waals surface area (Å²) < 4.78 is 6.35. The largest absolute Gasteiger partial charge is 0.494 e. The van der Waals surface area contributed by atoms with Crippen molar-refractivity contribution >= 4 is 46.3 Å². The number of amides is 1. The number of aromatic nitrogens is 1. The van der Waals surface area contributed by atoms with Crippen LogP contribution in [-0.4, -0.2) is 17.5 Å². The lowest BCUT2D eigenvalue weighted by molar-refractivity contribution is -0.115. The molecule has 0 atom stereocenters. The molecule has 0 saturated heterocycles. The maximum atomic E-state index is 12.2. The predicted octanol–water partition coefficient (Wildman–Crippen LogP) is 5.67. The number of carbonyl (C=O) groups is 1. The highest BCUT2D eigenvalue weighted by molar-refractivity contribution is 8.00. The molecule has 2 aromatic carbocycles. The maximum absolute atomic E-state index is 12.2. The molecule has 7 heteroatoms.